The van der Waals surface area contributed by atoms with E-state index in [0.29, 0.717) is 44.5 Å². The first-order valence-electron chi connectivity index (χ1n) is 10.2. The van der Waals surface area contributed by atoms with Gasteiger partial charge in [-0.05, 0) is 6.07 Å². The number of aromatic carboxylic acids is 1. The summed E-state index contributed by atoms with van der Waals surface area (Å²) in [6, 6.07) is 20.5. The van der Waals surface area contributed by atoms with Crippen molar-refractivity contribution >= 4 is 28.6 Å². The fraction of sp³-hybridized carbons (Fsp3) is 0.154. The predicted octanol–water partition coefficient (Wildman–Crippen LogP) is 5.92. The summed E-state index contributed by atoms with van der Waals surface area (Å²) in [6.07, 6.45) is 0. The topological polar surface area (TPSA) is 77.9 Å². The van der Waals surface area contributed by atoms with E-state index in [1.165, 1.54) is 11.8 Å². The normalized spacial score (nSPS) is 10.8. The summed E-state index contributed by atoms with van der Waals surface area (Å²) in [4.78, 5) is 17.9. The number of hydrogen-bond acceptors (Lipinski definition) is 6. The van der Waals surface area contributed by atoms with Gasteiger partial charge in [0.1, 0.15) is 17.2 Å². The molecule has 168 valence electrons. The number of rotatable bonds is 8. The number of pyridine rings is 1. The Hall–Kier alpha value is -3.71. The van der Waals surface area contributed by atoms with Gasteiger partial charge >= 0.3 is 5.97 Å². The van der Waals surface area contributed by atoms with Crippen molar-refractivity contribution in [2.75, 3.05) is 21.3 Å². The molecule has 0 amide bonds. The molecule has 0 spiro atoms. The number of aromatic nitrogens is 1. The van der Waals surface area contributed by atoms with E-state index in [1.54, 1.807) is 39.5 Å². The van der Waals surface area contributed by atoms with Crippen molar-refractivity contribution in [2.24, 2.45) is 0 Å². The number of carboxylic acids is 1. The molecule has 1 aromatic heterocycles. The fourth-order valence-corrected chi connectivity index (χ4v) is 4.92. The molecule has 6 nitrogen and oxygen atoms in total. The monoisotopic (exact) mass is 461 g/mol. The Morgan fingerprint density at radius 3 is 2.15 bits per heavy atom. The first kappa shape index (κ1) is 22.5. The second-order valence-corrected chi connectivity index (χ2v) is 8.14. The van der Waals surface area contributed by atoms with Gasteiger partial charge in [0.05, 0.1) is 38.1 Å². The molecule has 33 heavy (non-hydrogen) atoms. The number of thioether (sulfide) groups is 1. The molecule has 7 heteroatoms. The Morgan fingerprint density at radius 2 is 1.55 bits per heavy atom. The average Bonchev–Trinajstić information content (AvgIpc) is 2.86. The van der Waals surface area contributed by atoms with E-state index in [1.807, 2.05) is 48.5 Å². The molecule has 0 radical (unpaired) electrons. The van der Waals surface area contributed by atoms with Crippen LogP contribution < -0.4 is 14.2 Å². The number of carbonyl (C=O) groups is 1. The van der Waals surface area contributed by atoms with E-state index in [4.69, 9.17) is 19.2 Å². The molecule has 0 fully saturated rings. The zero-order valence-electron chi connectivity index (χ0n) is 18.5. The van der Waals surface area contributed by atoms with Crippen LogP contribution in [-0.4, -0.2) is 37.4 Å². The Morgan fingerprint density at radius 1 is 0.909 bits per heavy atom. The number of nitrogens with zero attached hydrogens (tertiary/aromatic N) is 1. The predicted molar refractivity (Wildman–Crippen MR) is 130 cm³/mol. The first-order valence-corrected chi connectivity index (χ1v) is 11.2. The summed E-state index contributed by atoms with van der Waals surface area (Å²) < 4.78 is 16.5. The van der Waals surface area contributed by atoms with E-state index in [9.17, 15) is 9.90 Å². The lowest BCUT2D eigenvalue weighted by Gasteiger charge is -2.17. The average molecular weight is 462 g/mol. The van der Waals surface area contributed by atoms with E-state index in [-0.39, 0.29) is 5.56 Å². The molecule has 4 rings (SSSR count). The largest absolute Gasteiger partial charge is 0.496 e. The van der Waals surface area contributed by atoms with Crippen LogP contribution in [0.15, 0.2) is 71.6 Å². The molecule has 4 aromatic rings. The third-order valence-corrected chi connectivity index (χ3v) is 6.41. The van der Waals surface area contributed by atoms with Crippen molar-refractivity contribution in [3.05, 3.63) is 77.9 Å². The Labute approximate surface area is 196 Å². The highest BCUT2D eigenvalue weighted by Crippen LogP contribution is 2.42. The zero-order chi connectivity index (χ0) is 23.4. The number of carboxylic acid groups (broad SMARTS) is 1. The minimum atomic E-state index is -0.998. The standard InChI is InChI=1S/C26H23NO5S/c1-30-17-13-21(31-2)19(22(14-17)32-3)15-33-25-23(26(28)29)18-11-7-8-12-20(18)27-24(25)16-9-5-4-6-10-16/h4-14H,15H2,1-3H3,(H,28,29). The molecule has 0 aliphatic carbocycles. The van der Waals surface area contributed by atoms with Gasteiger partial charge in [-0.3, -0.25) is 0 Å². The van der Waals surface area contributed by atoms with Crippen LogP contribution in [0.4, 0.5) is 0 Å². The van der Waals surface area contributed by atoms with Crippen LogP contribution >= 0.6 is 11.8 Å². The second kappa shape index (κ2) is 9.83. The van der Waals surface area contributed by atoms with Gasteiger partial charge in [0.2, 0.25) is 0 Å². The number of hydrogen-bond donors (Lipinski definition) is 1. The molecule has 0 unspecified atom stereocenters. The van der Waals surface area contributed by atoms with Gasteiger partial charge in [-0.2, -0.15) is 0 Å². The third-order valence-electron chi connectivity index (χ3n) is 5.29. The van der Waals surface area contributed by atoms with Crippen LogP contribution in [0.5, 0.6) is 17.2 Å². The molecular formula is C26H23NO5S. The summed E-state index contributed by atoms with van der Waals surface area (Å²) in [5.74, 6) is 1.23. The Bertz CT molecular complexity index is 1280. The second-order valence-electron chi connectivity index (χ2n) is 7.15. The van der Waals surface area contributed by atoms with Crippen LogP contribution in [0.25, 0.3) is 22.2 Å². The smallest absolute Gasteiger partial charge is 0.337 e. The fourth-order valence-electron chi connectivity index (χ4n) is 3.70. The van der Waals surface area contributed by atoms with Gasteiger partial charge in [-0.25, -0.2) is 9.78 Å². The molecule has 3 aromatic carbocycles. The minimum absolute atomic E-state index is 0.232. The van der Waals surface area contributed by atoms with Crippen LogP contribution in [0.1, 0.15) is 15.9 Å². The van der Waals surface area contributed by atoms with Gasteiger partial charge in [0.25, 0.3) is 0 Å². The summed E-state index contributed by atoms with van der Waals surface area (Å²) in [5, 5.41) is 10.8. The highest BCUT2D eigenvalue weighted by molar-refractivity contribution is 7.98. The highest BCUT2D eigenvalue weighted by atomic mass is 32.2. The molecule has 0 atom stereocenters. The maximum absolute atomic E-state index is 12.5. The molecule has 1 heterocycles. The van der Waals surface area contributed by atoms with E-state index < -0.39 is 5.97 Å². The van der Waals surface area contributed by atoms with E-state index in [2.05, 4.69) is 0 Å². The highest BCUT2D eigenvalue weighted by Gasteiger charge is 2.23. The van der Waals surface area contributed by atoms with Crippen molar-refractivity contribution < 1.29 is 24.1 Å². The summed E-state index contributed by atoms with van der Waals surface area (Å²) in [6.45, 7) is 0. The van der Waals surface area contributed by atoms with Gasteiger partial charge in [0.15, 0.2) is 0 Å². The van der Waals surface area contributed by atoms with Crippen LogP contribution in [0, 0.1) is 0 Å². The number of ether oxygens (including phenoxy) is 3. The number of fused-ring (bicyclic) bond motifs is 1. The van der Waals surface area contributed by atoms with Gasteiger partial charge < -0.3 is 19.3 Å². The van der Waals surface area contributed by atoms with Crippen LogP contribution in [-0.2, 0) is 5.75 Å². The summed E-state index contributed by atoms with van der Waals surface area (Å²) >= 11 is 1.39. The number of methoxy groups -OCH3 is 3. The minimum Gasteiger partial charge on any atom is -0.496 e. The molecule has 0 saturated heterocycles. The van der Waals surface area contributed by atoms with Crippen molar-refractivity contribution in [2.45, 2.75) is 10.6 Å². The number of para-hydroxylation sites is 1. The number of benzene rings is 3. The van der Waals surface area contributed by atoms with Crippen molar-refractivity contribution in [3.63, 3.8) is 0 Å². The van der Waals surface area contributed by atoms with E-state index >= 15 is 0 Å². The summed E-state index contributed by atoms with van der Waals surface area (Å²) in [5.41, 5.74) is 3.15. The van der Waals surface area contributed by atoms with Gasteiger partial charge in [-0.1, -0.05) is 48.5 Å². The summed E-state index contributed by atoms with van der Waals surface area (Å²) in [7, 11) is 4.74. The van der Waals surface area contributed by atoms with Crippen LogP contribution in [0.3, 0.4) is 0 Å². The quantitative estimate of drug-likeness (QED) is 0.326. The zero-order valence-corrected chi connectivity index (χ0v) is 19.3. The molecular weight excluding hydrogens is 438 g/mol. The molecule has 0 aliphatic heterocycles. The molecule has 0 saturated carbocycles. The van der Waals surface area contributed by atoms with Gasteiger partial charge in [-0.15, -0.1) is 11.8 Å². The van der Waals surface area contributed by atoms with Gasteiger partial charge in [0, 0.05) is 39.3 Å². The Kier molecular flexibility index (Phi) is 6.70. The lowest BCUT2D eigenvalue weighted by Crippen LogP contribution is -2.05. The SMILES string of the molecule is COc1cc(OC)c(CSc2c(-c3ccccc3)nc3ccccc3c2C(=O)O)c(OC)c1. The molecule has 0 aliphatic rings. The Balaban J connectivity index is 1.89. The van der Waals surface area contributed by atoms with Crippen molar-refractivity contribution in [3.8, 4) is 28.5 Å². The van der Waals surface area contributed by atoms with Crippen molar-refractivity contribution in [1.29, 1.82) is 0 Å². The molecule has 0 bridgehead atoms. The maximum atomic E-state index is 12.5. The third kappa shape index (κ3) is 4.45. The lowest BCUT2D eigenvalue weighted by molar-refractivity contribution is 0.0695. The van der Waals surface area contributed by atoms with E-state index in [0.717, 1.165) is 11.1 Å². The molecule has 1 N–H and O–H groups in total. The maximum Gasteiger partial charge on any atom is 0.337 e. The van der Waals surface area contributed by atoms with Crippen LogP contribution in [0.2, 0.25) is 0 Å². The first-order chi connectivity index (χ1) is 16.1. The lowest BCUT2D eigenvalue weighted by atomic mass is 10.0. The van der Waals surface area contributed by atoms with Crippen molar-refractivity contribution in [1.82, 2.24) is 4.98 Å².